The molecule has 1 amide bonds. The van der Waals surface area contributed by atoms with Crippen LogP contribution in [0.5, 0.6) is 5.75 Å². The minimum Gasteiger partial charge on any atom is -0.490 e. The zero-order chi connectivity index (χ0) is 14.4. The van der Waals surface area contributed by atoms with E-state index in [2.05, 4.69) is 21.2 Å². The maximum atomic E-state index is 12.0. The van der Waals surface area contributed by atoms with Crippen molar-refractivity contribution in [3.63, 3.8) is 0 Å². The number of hydrogen-bond acceptors (Lipinski definition) is 4. The van der Waals surface area contributed by atoms with Crippen LogP contribution in [0, 0.1) is 10.1 Å². The topological polar surface area (TPSA) is 81.5 Å². The molecular formula is C12H15BrN2O4. The van der Waals surface area contributed by atoms with Crippen molar-refractivity contribution in [2.75, 3.05) is 12.4 Å². The standard InChI is InChI=1S/C12H15BrN2O4/c1-3-9(7-13)14-12(16)8-4-5-10(15(17)18)11(6-8)19-2/h4-6,9H,3,7H2,1-2H3,(H,14,16). The summed E-state index contributed by atoms with van der Waals surface area (Å²) in [4.78, 5) is 22.2. The van der Waals surface area contributed by atoms with Crippen LogP contribution in [-0.2, 0) is 0 Å². The molecule has 0 fully saturated rings. The lowest BCUT2D eigenvalue weighted by molar-refractivity contribution is -0.385. The van der Waals surface area contributed by atoms with E-state index in [-0.39, 0.29) is 23.4 Å². The molecule has 0 aromatic heterocycles. The van der Waals surface area contributed by atoms with Crippen LogP contribution in [-0.4, -0.2) is 29.3 Å². The van der Waals surface area contributed by atoms with Crippen LogP contribution >= 0.6 is 15.9 Å². The second-order valence-corrected chi connectivity index (χ2v) is 4.52. The summed E-state index contributed by atoms with van der Waals surface area (Å²) in [6.07, 6.45) is 0.793. The molecule has 0 saturated heterocycles. The van der Waals surface area contributed by atoms with Gasteiger partial charge in [-0.2, -0.15) is 0 Å². The second-order valence-electron chi connectivity index (χ2n) is 3.88. The smallest absolute Gasteiger partial charge is 0.310 e. The van der Waals surface area contributed by atoms with E-state index in [0.717, 1.165) is 6.42 Å². The molecule has 0 saturated carbocycles. The van der Waals surface area contributed by atoms with Gasteiger partial charge >= 0.3 is 5.69 Å². The van der Waals surface area contributed by atoms with Gasteiger partial charge in [-0.15, -0.1) is 0 Å². The number of benzene rings is 1. The van der Waals surface area contributed by atoms with Crippen LogP contribution in [0.3, 0.4) is 0 Å². The van der Waals surface area contributed by atoms with Gasteiger partial charge in [0.15, 0.2) is 5.75 Å². The fourth-order valence-corrected chi connectivity index (χ4v) is 2.11. The molecule has 1 rings (SSSR count). The van der Waals surface area contributed by atoms with Gasteiger partial charge in [-0.1, -0.05) is 22.9 Å². The number of hydrogen-bond donors (Lipinski definition) is 1. The van der Waals surface area contributed by atoms with Gasteiger partial charge in [0, 0.05) is 29.1 Å². The van der Waals surface area contributed by atoms with Crippen molar-refractivity contribution in [3.05, 3.63) is 33.9 Å². The van der Waals surface area contributed by atoms with Gasteiger partial charge in [0.05, 0.1) is 12.0 Å². The molecule has 0 heterocycles. The zero-order valence-corrected chi connectivity index (χ0v) is 12.3. The van der Waals surface area contributed by atoms with E-state index in [4.69, 9.17) is 4.74 Å². The van der Waals surface area contributed by atoms with E-state index in [0.29, 0.717) is 10.9 Å². The number of amides is 1. The van der Waals surface area contributed by atoms with Crippen LogP contribution < -0.4 is 10.1 Å². The number of nitrogens with zero attached hydrogens (tertiary/aromatic N) is 1. The van der Waals surface area contributed by atoms with Crippen molar-refractivity contribution in [3.8, 4) is 5.75 Å². The third-order valence-corrected chi connectivity index (χ3v) is 3.43. The monoisotopic (exact) mass is 330 g/mol. The summed E-state index contributed by atoms with van der Waals surface area (Å²) in [6, 6.07) is 4.07. The van der Waals surface area contributed by atoms with Gasteiger partial charge in [0.25, 0.3) is 5.91 Å². The van der Waals surface area contributed by atoms with Gasteiger partial charge in [-0.05, 0) is 12.5 Å². The molecule has 7 heteroatoms. The van der Waals surface area contributed by atoms with E-state index in [9.17, 15) is 14.9 Å². The summed E-state index contributed by atoms with van der Waals surface area (Å²) in [6.45, 7) is 1.96. The first-order valence-electron chi connectivity index (χ1n) is 5.72. The second kappa shape index (κ2) is 7.08. The Hall–Kier alpha value is -1.63. The first-order chi connectivity index (χ1) is 9.03. The fraction of sp³-hybridized carbons (Fsp3) is 0.417. The number of halogens is 1. The lowest BCUT2D eigenvalue weighted by Gasteiger charge is -2.14. The number of carbonyl (C=O) groups is 1. The molecule has 0 aliphatic rings. The quantitative estimate of drug-likeness (QED) is 0.493. The van der Waals surface area contributed by atoms with E-state index in [1.165, 1.54) is 25.3 Å². The highest BCUT2D eigenvalue weighted by atomic mass is 79.9. The number of ether oxygens (including phenoxy) is 1. The maximum Gasteiger partial charge on any atom is 0.310 e. The van der Waals surface area contributed by atoms with Crippen LogP contribution in [0.1, 0.15) is 23.7 Å². The highest BCUT2D eigenvalue weighted by Gasteiger charge is 2.18. The van der Waals surface area contributed by atoms with Gasteiger partial charge < -0.3 is 10.1 Å². The van der Waals surface area contributed by atoms with Crippen molar-refractivity contribution < 1.29 is 14.5 Å². The molecule has 0 aliphatic carbocycles. The Kier molecular flexibility index (Phi) is 5.75. The number of methoxy groups -OCH3 is 1. The Morgan fingerprint density at radius 2 is 2.26 bits per heavy atom. The van der Waals surface area contributed by atoms with Crippen LogP contribution in [0.15, 0.2) is 18.2 Å². The van der Waals surface area contributed by atoms with Crippen LogP contribution in [0.2, 0.25) is 0 Å². The van der Waals surface area contributed by atoms with Crippen molar-refractivity contribution >= 4 is 27.5 Å². The molecule has 1 unspecified atom stereocenters. The molecule has 0 aliphatic heterocycles. The summed E-state index contributed by atoms with van der Waals surface area (Å²) in [5.41, 5.74) is 0.174. The SMILES string of the molecule is CCC(CBr)NC(=O)c1ccc([N+](=O)[O-])c(OC)c1. The number of nitrogens with one attached hydrogen (secondary N) is 1. The number of carbonyl (C=O) groups excluding carboxylic acids is 1. The lowest BCUT2D eigenvalue weighted by atomic mass is 10.1. The highest BCUT2D eigenvalue weighted by Crippen LogP contribution is 2.27. The van der Waals surface area contributed by atoms with Crippen LogP contribution in [0.4, 0.5) is 5.69 Å². The lowest BCUT2D eigenvalue weighted by Crippen LogP contribution is -2.35. The molecule has 1 aromatic carbocycles. The molecule has 1 N–H and O–H groups in total. The maximum absolute atomic E-state index is 12.0. The Labute approximate surface area is 119 Å². The Morgan fingerprint density at radius 1 is 1.58 bits per heavy atom. The van der Waals surface area contributed by atoms with E-state index in [1.54, 1.807) is 0 Å². The predicted octanol–water partition coefficient (Wildman–Crippen LogP) is 2.51. The van der Waals surface area contributed by atoms with Crippen LogP contribution in [0.25, 0.3) is 0 Å². The van der Waals surface area contributed by atoms with Gasteiger partial charge in [0.1, 0.15) is 0 Å². The summed E-state index contributed by atoms with van der Waals surface area (Å²) in [5, 5.41) is 14.2. The van der Waals surface area contributed by atoms with Gasteiger partial charge in [-0.3, -0.25) is 14.9 Å². The first-order valence-corrected chi connectivity index (χ1v) is 6.84. The summed E-state index contributed by atoms with van der Waals surface area (Å²) < 4.78 is 4.92. The molecule has 0 bridgehead atoms. The molecule has 19 heavy (non-hydrogen) atoms. The van der Waals surface area contributed by atoms with Crippen molar-refractivity contribution in [1.82, 2.24) is 5.32 Å². The number of rotatable bonds is 6. The molecule has 104 valence electrons. The number of alkyl halides is 1. The summed E-state index contributed by atoms with van der Waals surface area (Å²) >= 11 is 3.31. The third kappa shape index (κ3) is 3.92. The van der Waals surface area contributed by atoms with E-state index in [1.807, 2.05) is 6.92 Å². The normalized spacial score (nSPS) is 11.7. The molecule has 1 aromatic rings. The van der Waals surface area contributed by atoms with Gasteiger partial charge in [-0.25, -0.2) is 0 Å². The molecule has 0 radical (unpaired) electrons. The third-order valence-electron chi connectivity index (χ3n) is 2.65. The molecule has 6 nitrogen and oxygen atoms in total. The van der Waals surface area contributed by atoms with E-state index < -0.39 is 4.92 Å². The van der Waals surface area contributed by atoms with Crippen molar-refractivity contribution in [2.24, 2.45) is 0 Å². The molecular weight excluding hydrogens is 316 g/mol. The minimum atomic E-state index is -0.548. The highest BCUT2D eigenvalue weighted by molar-refractivity contribution is 9.09. The average molecular weight is 331 g/mol. The van der Waals surface area contributed by atoms with Crippen molar-refractivity contribution in [1.29, 1.82) is 0 Å². The zero-order valence-electron chi connectivity index (χ0n) is 10.7. The van der Waals surface area contributed by atoms with E-state index >= 15 is 0 Å². The van der Waals surface area contributed by atoms with Crippen molar-refractivity contribution in [2.45, 2.75) is 19.4 Å². The number of nitro benzene ring substituents is 1. The fourth-order valence-electron chi connectivity index (χ4n) is 1.49. The Morgan fingerprint density at radius 3 is 2.74 bits per heavy atom. The largest absolute Gasteiger partial charge is 0.490 e. The Balaban J connectivity index is 2.96. The summed E-state index contributed by atoms with van der Waals surface area (Å²) in [5.74, 6) is -0.205. The Bertz CT molecular complexity index is 475. The van der Waals surface area contributed by atoms with Gasteiger partial charge in [0.2, 0.25) is 0 Å². The number of nitro groups is 1. The first kappa shape index (κ1) is 15.4. The summed E-state index contributed by atoms with van der Waals surface area (Å²) in [7, 11) is 1.33. The average Bonchev–Trinajstić information content (AvgIpc) is 2.43. The molecule has 0 spiro atoms. The predicted molar refractivity (Wildman–Crippen MR) is 75.0 cm³/mol. The minimum absolute atomic E-state index is 0.0219. The molecule has 1 atom stereocenters.